The molecule has 1 rings (SSSR count). The van der Waals surface area contributed by atoms with Crippen LogP contribution in [0.1, 0.15) is 19.0 Å². The maximum Gasteiger partial charge on any atom is 0.224 e. The van der Waals surface area contributed by atoms with Crippen LogP contribution in [-0.4, -0.2) is 29.1 Å². The molecular weight excluding hydrogens is 204 g/mol. The molecule has 0 radical (unpaired) electrons. The monoisotopic (exact) mass is 224 g/mol. The molecule has 0 saturated heterocycles. The molecule has 1 aromatic heterocycles. The van der Waals surface area contributed by atoms with Crippen LogP contribution < -0.4 is 11.1 Å². The van der Waals surface area contributed by atoms with Crippen molar-refractivity contribution in [2.75, 3.05) is 13.6 Å². The number of nitrogens with two attached hydrogens (primary N) is 1. The number of aryl methyl sites for hydroxylation is 1. The second-order valence-electron chi connectivity index (χ2n) is 3.83. The van der Waals surface area contributed by atoms with E-state index < -0.39 is 0 Å². The maximum absolute atomic E-state index is 11.5. The van der Waals surface area contributed by atoms with Gasteiger partial charge >= 0.3 is 0 Å². The fourth-order valence-corrected chi connectivity index (χ4v) is 1.70. The highest BCUT2D eigenvalue weighted by atomic mass is 16.1. The highest BCUT2D eigenvalue weighted by molar-refractivity contribution is 5.78. The summed E-state index contributed by atoms with van der Waals surface area (Å²) in [5.41, 5.74) is 6.67. The average Bonchev–Trinajstić information content (AvgIpc) is 2.73. The van der Waals surface area contributed by atoms with Gasteiger partial charge in [0.1, 0.15) is 0 Å². The molecule has 0 saturated carbocycles. The third-order valence-electron chi connectivity index (χ3n) is 2.62. The number of amides is 1. The molecule has 0 aliphatic heterocycles. The number of rotatable bonds is 6. The van der Waals surface area contributed by atoms with Gasteiger partial charge in [-0.15, -0.1) is 0 Å². The van der Waals surface area contributed by atoms with E-state index in [0.717, 1.165) is 18.7 Å². The Morgan fingerprint density at radius 2 is 2.44 bits per heavy atom. The molecule has 3 N–H and O–H groups in total. The molecule has 1 unspecified atom stereocenters. The number of carbonyl (C=O) groups excluding carboxylic acids is 1. The van der Waals surface area contributed by atoms with Crippen molar-refractivity contribution in [2.24, 2.45) is 11.7 Å². The van der Waals surface area contributed by atoms with Gasteiger partial charge in [-0.25, -0.2) is 4.98 Å². The topological polar surface area (TPSA) is 72.9 Å². The molecule has 16 heavy (non-hydrogen) atoms. The van der Waals surface area contributed by atoms with Crippen LogP contribution in [0.5, 0.6) is 0 Å². The van der Waals surface area contributed by atoms with Crippen molar-refractivity contribution in [3.8, 4) is 0 Å². The molecule has 1 aromatic rings. The van der Waals surface area contributed by atoms with E-state index in [2.05, 4.69) is 21.8 Å². The van der Waals surface area contributed by atoms with E-state index in [0.29, 0.717) is 13.0 Å². The standard InChI is InChI=1S/C11H20N4O/c1-3-4-15-8-14-7-10(15)5-9(6-12)11(16)13-2/h7-9H,3-6,12H2,1-2H3,(H,13,16). The van der Waals surface area contributed by atoms with E-state index in [9.17, 15) is 4.79 Å². The molecular formula is C11H20N4O. The van der Waals surface area contributed by atoms with Crippen LogP contribution >= 0.6 is 0 Å². The number of aromatic nitrogens is 2. The smallest absolute Gasteiger partial charge is 0.224 e. The molecule has 0 aliphatic rings. The van der Waals surface area contributed by atoms with E-state index in [4.69, 9.17) is 5.73 Å². The molecule has 1 amide bonds. The molecule has 1 atom stereocenters. The van der Waals surface area contributed by atoms with Gasteiger partial charge in [0.25, 0.3) is 0 Å². The quantitative estimate of drug-likeness (QED) is 0.722. The van der Waals surface area contributed by atoms with Gasteiger partial charge in [-0.3, -0.25) is 4.79 Å². The lowest BCUT2D eigenvalue weighted by molar-refractivity contribution is -0.124. The van der Waals surface area contributed by atoms with Gasteiger partial charge in [-0.05, 0) is 6.42 Å². The van der Waals surface area contributed by atoms with Gasteiger partial charge in [-0.2, -0.15) is 0 Å². The largest absolute Gasteiger partial charge is 0.359 e. The lowest BCUT2D eigenvalue weighted by Gasteiger charge is -2.14. The van der Waals surface area contributed by atoms with Crippen molar-refractivity contribution in [3.63, 3.8) is 0 Å². The van der Waals surface area contributed by atoms with Gasteiger partial charge < -0.3 is 15.6 Å². The fraction of sp³-hybridized carbons (Fsp3) is 0.636. The van der Waals surface area contributed by atoms with Crippen molar-refractivity contribution < 1.29 is 4.79 Å². The number of carbonyl (C=O) groups is 1. The van der Waals surface area contributed by atoms with Crippen molar-refractivity contribution in [3.05, 3.63) is 18.2 Å². The highest BCUT2D eigenvalue weighted by Crippen LogP contribution is 2.08. The zero-order valence-electron chi connectivity index (χ0n) is 9.94. The molecule has 0 bridgehead atoms. The van der Waals surface area contributed by atoms with Crippen LogP contribution in [0.25, 0.3) is 0 Å². The average molecular weight is 224 g/mol. The van der Waals surface area contributed by atoms with Gasteiger partial charge in [0.15, 0.2) is 0 Å². The third-order valence-corrected chi connectivity index (χ3v) is 2.62. The maximum atomic E-state index is 11.5. The lowest BCUT2D eigenvalue weighted by Crippen LogP contribution is -2.34. The Hall–Kier alpha value is -1.36. The zero-order valence-corrected chi connectivity index (χ0v) is 9.94. The number of hydrogen-bond acceptors (Lipinski definition) is 3. The minimum atomic E-state index is -0.169. The molecule has 1 heterocycles. The predicted molar refractivity (Wildman–Crippen MR) is 62.8 cm³/mol. The summed E-state index contributed by atoms with van der Waals surface area (Å²) >= 11 is 0. The summed E-state index contributed by atoms with van der Waals surface area (Å²) in [7, 11) is 1.63. The lowest BCUT2D eigenvalue weighted by atomic mass is 10.0. The molecule has 5 heteroatoms. The minimum absolute atomic E-state index is 0.00764. The molecule has 0 aliphatic carbocycles. The van der Waals surface area contributed by atoms with E-state index in [1.807, 2.05) is 0 Å². The van der Waals surface area contributed by atoms with Crippen LogP contribution in [0.2, 0.25) is 0 Å². The van der Waals surface area contributed by atoms with E-state index in [-0.39, 0.29) is 11.8 Å². The normalized spacial score (nSPS) is 12.4. The summed E-state index contributed by atoms with van der Waals surface area (Å²) in [6, 6.07) is 0. The van der Waals surface area contributed by atoms with Crippen LogP contribution in [0.3, 0.4) is 0 Å². The first-order valence-electron chi connectivity index (χ1n) is 5.63. The van der Waals surface area contributed by atoms with Crippen LogP contribution in [0.15, 0.2) is 12.5 Å². The summed E-state index contributed by atoms with van der Waals surface area (Å²) in [6.07, 6.45) is 5.31. The molecule has 5 nitrogen and oxygen atoms in total. The summed E-state index contributed by atoms with van der Waals surface area (Å²) < 4.78 is 2.08. The van der Waals surface area contributed by atoms with Crippen molar-refractivity contribution in [1.82, 2.24) is 14.9 Å². The SMILES string of the molecule is CCCn1cncc1CC(CN)C(=O)NC. The van der Waals surface area contributed by atoms with Crippen LogP contribution in [0.4, 0.5) is 0 Å². The first-order chi connectivity index (χ1) is 7.72. The summed E-state index contributed by atoms with van der Waals surface area (Å²) in [5, 5.41) is 2.63. The number of nitrogens with one attached hydrogen (secondary N) is 1. The second-order valence-corrected chi connectivity index (χ2v) is 3.83. The third kappa shape index (κ3) is 3.06. The number of imidazole rings is 1. The van der Waals surface area contributed by atoms with Crippen LogP contribution in [-0.2, 0) is 17.8 Å². The second kappa shape index (κ2) is 6.27. The highest BCUT2D eigenvalue weighted by Gasteiger charge is 2.17. The Bertz CT molecular complexity index is 334. The Labute approximate surface area is 96.0 Å². The van der Waals surface area contributed by atoms with Crippen molar-refractivity contribution in [2.45, 2.75) is 26.3 Å². The summed E-state index contributed by atoms with van der Waals surface area (Å²) in [5.74, 6) is -0.177. The first-order valence-corrected chi connectivity index (χ1v) is 5.63. The summed E-state index contributed by atoms with van der Waals surface area (Å²) in [4.78, 5) is 15.6. The molecule has 0 fully saturated rings. The molecule has 0 spiro atoms. The Morgan fingerprint density at radius 3 is 3.00 bits per heavy atom. The summed E-state index contributed by atoms with van der Waals surface area (Å²) in [6.45, 7) is 3.40. The Morgan fingerprint density at radius 1 is 1.69 bits per heavy atom. The van der Waals surface area contributed by atoms with Crippen molar-refractivity contribution in [1.29, 1.82) is 0 Å². The van der Waals surface area contributed by atoms with Crippen molar-refractivity contribution >= 4 is 5.91 Å². The number of hydrogen-bond donors (Lipinski definition) is 2. The minimum Gasteiger partial charge on any atom is -0.359 e. The van der Waals surface area contributed by atoms with Gasteiger partial charge in [0.2, 0.25) is 5.91 Å². The number of nitrogens with zero attached hydrogens (tertiary/aromatic N) is 2. The van der Waals surface area contributed by atoms with E-state index in [1.54, 1.807) is 19.6 Å². The van der Waals surface area contributed by atoms with E-state index >= 15 is 0 Å². The van der Waals surface area contributed by atoms with Gasteiger partial charge in [0.05, 0.1) is 12.2 Å². The van der Waals surface area contributed by atoms with Gasteiger partial charge in [0, 0.05) is 38.4 Å². The van der Waals surface area contributed by atoms with Gasteiger partial charge in [-0.1, -0.05) is 6.92 Å². The Kier molecular flexibility index (Phi) is 4.98. The molecule has 0 aromatic carbocycles. The van der Waals surface area contributed by atoms with E-state index in [1.165, 1.54) is 0 Å². The molecule has 90 valence electrons. The van der Waals surface area contributed by atoms with Crippen LogP contribution in [0, 0.1) is 5.92 Å². The Balaban J connectivity index is 2.69. The first kappa shape index (κ1) is 12.7. The predicted octanol–water partition coefficient (Wildman–Crippen LogP) is 0.157. The fourth-order valence-electron chi connectivity index (χ4n) is 1.70. The zero-order chi connectivity index (χ0) is 12.0.